The first-order valence-electron chi connectivity index (χ1n) is 9.23. The van der Waals surface area contributed by atoms with Crippen molar-refractivity contribution in [1.29, 1.82) is 0 Å². The molecular formula is C23H24N2O3. The molecule has 0 unspecified atom stereocenters. The molecule has 0 aromatic heterocycles. The standard InChI is InChI=1S/C23H24N2O3/c1-15-10-11-17(14-28-22(26)13-24)12-21(15)23(27)25-16(2)19-9-5-7-18-6-3-4-8-20(18)19/h3-12,16H,13-14,24H2,1-2H3,(H,25,27)/t16-/m1/s1. The minimum absolute atomic E-state index is 0.0927. The highest BCUT2D eigenvalue weighted by Crippen LogP contribution is 2.24. The fourth-order valence-electron chi connectivity index (χ4n) is 3.21. The molecular weight excluding hydrogens is 352 g/mol. The molecule has 3 aromatic carbocycles. The van der Waals surface area contributed by atoms with Gasteiger partial charge in [-0.2, -0.15) is 0 Å². The molecule has 3 N–H and O–H groups in total. The summed E-state index contributed by atoms with van der Waals surface area (Å²) < 4.78 is 5.05. The highest BCUT2D eigenvalue weighted by atomic mass is 16.5. The summed E-state index contributed by atoms with van der Waals surface area (Å²) in [7, 11) is 0. The Bertz CT molecular complexity index is 1010. The Morgan fingerprint density at radius 1 is 1.07 bits per heavy atom. The van der Waals surface area contributed by atoms with Gasteiger partial charge >= 0.3 is 5.97 Å². The number of hydrogen-bond donors (Lipinski definition) is 2. The lowest BCUT2D eigenvalue weighted by atomic mass is 9.99. The average molecular weight is 376 g/mol. The molecule has 0 radical (unpaired) electrons. The van der Waals surface area contributed by atoms with Crippen molar-refractivity contribution in [2.45, 2.75) is 26.5 Å². The van der Waals surface area contributed by atoms with E-state index in [-0.39, 0.29) is 25.1 Å². The predicted octanol–water partition coefficient (Wildman–Crippen LogP) is 3.64. The summed E-state index contributed by atoms with van der Waals surface area (Å²) in [5, 5.41) is 5.34. The first-order chi connectivity index (χ1) is 13.5. The highest BCUT2D eigenvalue weighted by molar-refractivity contribution is 5.96. The van der Waals surface area contributed by atoms with Gasteiger partial charge in [0, 0.05) is 5.56 Å². The largest absolute Gasteiger partial charge is 0.460 e. The molecule has 0 aliphatic rings. The van der Waals surface area contributed by atoms with Gasteiger partial charge in [0.05, 0.1) is 12.6 Å². The molecule has 0 saturated heterocycles. The Kier molecular flexibility index (Phi) is 6.06. The molecule has 0 bridgehead atoms. The van der Waals surface area contributed by atoms with Crippen LogP contribution in [0.25, 0.3) is 10.8 Å². The second kappa shape index (κ2) is 8.67. The minimum atomic E-state index is -0.476. The predicted molar refractivity (Wildman–Crippen MR) is 110 cm³/mol. The van der Waals surface area contributed by atoms with Gasteiger partial charge in [0.25, 0.3) is 5.91 Å². The number of amides is 1. The van der Waals surface area contributed by atoms with Crippen LogP contribution in [0.2, 0.25) is 0 Å². The van der Waals surface area contributed by atoms with Gasteiger partial charge in [0.15, 0.2) is 0 Å². The summed E-state index contributed by atoms with van der Waals surface area (Å²) >= 11 is 0. The molecule has 3 aromatic rings. The smallest absolute Gasteiger partial charge is 0.320 e. The van der Waals surface area contributed by atoms with Crippen LogP contribution >= 0.6 is 0 Å². The van der Waals surface area contributed by atoms with Crippen molar-refractivity contribution in [3.05, 3.63) is 82.9 Å². The maximum atomic E-state index is 12.9. The lowest BCUT2D eigenvalue weighted by Gasteiger charge is -2.18. The van der Waals surface area contributed by atoms with Crippen molar-refractivity contribution in [3.63, 3.8) is 0 Å². The van der Waals surface area contributed by atoms with Crippen molar-refractivity contribution >= 4 is 22.6 Å². The Balaban J connectivity index is 1.79. The molecule has 0 spiro atoms. The first-order valence-corrected chi connectivity index (χ1v) is 9.23. The summed E-state index contributed by atoms with van der Waals surface area (Å²) in [5.41, 5.74) is 8.48. The van der Waals surface area contributed by atoms with E-state index >= 15 is 0 Å². The van der Waals surface area contributed by atoms with Gasteiger partial charge in [-0.25, -0.2) is 0 Å². The van der Waals surface area contributed by atoms with Crippen molar-refractivity contribution in [1.82, 2.24) is 5.32 Å². The second-order valence-electron chi connectivity index (χ2n) is 6.78. The summed E-state index contributed by atoms with van der Waals surface area (Å²) in [6.07, 6.45) is 0. The number of rotatable bonds is 6. The van der Waals surface area contributed by atoms with E-state index in [1.807, 2.05) is 50.2 Å². The molecule has 5 nitrogen and oxygen atoms in total. The molecule has 28 heavy (non-hydrogen) atoms. The molecule has 0 heterocycles. The van der Waals surface area contributed by atoms with E-state index in [1.165, 1.54) is 0 Å². The quantitative estimate of drug-likeness (QED) is 0.644. The van der Waals surface area contributed by atoms with Crippen LogP contribution in [0.15, 0.2) is 60.7 Å². The van der Waals surface area contributed by atoms with Crippen molar-refractivity contribution < 1.29 is 14.3 Å². The number of carbonyl (C=O) groups is 2. The molecule has 0 aliphatic carbocycles. The number of esters is 1. The van der Waals surface area contributed by atoms with E-state index in [0.29, 0.717) is 5.56 Å². The Morgan fingerprint density at radius 2 is 1.82 bits per heavy atom. The van der Waals surface area contributed by atoms with Gasteiger partial charge in [-0.3, -0.25) is 9.59 Å². The Morgan fingerprint density at radius 3 is 2.61 bits per heavy atom. The normalized spacial score (nSPS) is 11.8. The average Bonchev–Trinajstić information content (AvgIpc) is 2.72. The number of nitrogens with two attached hydrogens (primary N) is 1. The number of benzene rings is 3. The van der Waals surface area contributed by atoms with Crippen LogP contribution in [0.3, 0.4) is 0 Å². The van der Waals surface area contributed by atoms with Crippen molar-refractivity contribution in [2.75, 3.05) is 6.54 Å². The summed E-state index contributed by atoms with van der Waals surface area (Å²) in [6.45, 7) is 3.78. The van der Waals surface area contributed by atoms with Crippen LogP contribution in [0.1, 0.15) is 40.0 Å². The number of hydrogen-bond acceptors (Lipinski definition) is 4. The SMILES string of the molecule is Cc1ccc(COC(=O)CN)cc1C(=O)N[C@H](C)c1cccc2ccccc12. The van der Waals surface area contributed by atoms with Crippen LogP contribution in [-0.2, 0) is 16.1 Å². The third kappa shape index (κ3) is 4.38. The minimum Gasteiger partial charge on any atom is -0.460 e. The Hall–Kier alpha value is -3.18. The van der Waals surface area contributed by atoms with E-state index in [2.05, 4.69) is 23.5 Å². The molecule has 0 aliphatic heterocycles. The summed E-state index contributed by atoms with van der Waals surface area (Å²) in [6, 6.07) is 19.5. The van der Waals surface area contributed by atoms with Gasteiger partial charge < -0.3 is 15.8 Å². The van der Waals surface area contributed by atoms with Gasteiger partial charge in [-0.15, -0.1) is 0 Å². The number of nitrogens with one attached hydrogen (secondary N) is 1. The fourth-order valence-corrected chi connectivity index (χ4v) is 3.21. The lowest BCUT2D eigenvalue weighted by molar-refractivity contribution is -0.143. The molecule has 0 saturated carbocycles. The molecule has 5 heteroatoms. The zero-order valence-electron chi connectivity index (χ0n) is 16.1. The van der Waals surface area contributed by atoms with E-state index in [0.717, 1.165) is 27.5 Å². The zero-order chi connectivity index (χ0) is 20.1. The first kappa shape index (κ1) is 19.6. The molecule has 0 fully saturated rings. The lowest BCUT2D eigenvalue weighted by Crippen LogP contribution is -2.27. The van der Waals surface area contributed by atoms with Gasteiger partial charge in [-0.05, 0) is 47.4 Å². The summed E-state index contributed by atoms with van der Waals surface area (Å²) in [4.78, 5) is 24.1. The van der Waals surface area contributed by atoms with Crippen LogP contribution in [0.4, 0.5) is 0 Å². The maximum absolute atomic E-state index is 12.9. The Labute approximate surface area is 164 Å². The third-order valence-electron chi connectivity index (χ3n) is 4.75. The van der Waals surface area contributed by atoms with E-state index in [1.54, 1.807) is 6.07 Å². The molecule has 144 valence electrons. The highest BCUT2D eigenvalue weighted by Gasteiger charge is 2.16. The maximum Gasteiger partial charge on any atom is 0.320 e. The van der Waals surface area contributed by atoms with E-state index in [9.17, 15) is 9.59 Å². The molecule has 3 rings (SSSR count). The fraction of sp³-hybridized carbons (Fsp3) is 0.217. The van der Waals surface area contributed by atoms with E-state index in [4.69, 9.17) is 10.5 Å². The topological polar surface area (TPSA) is 81.4 Å². The van der Waals surface area contributed by atoms with Crippen molar-refractivity contribution in [2.24, 2.45) is 5.73 Å². The third-order valence-corrected chi connectivity index (χ3v) is 4.75. The number of fused-ring (bicyclic) bond motifs is 1. The number of ether oxygens (including phenoxy) is 1. The number of aryl methyl sites for hydroxylation is 1. The van der Waals surface area contributed by atoms with Gasteiger partial charge in [-0.1, -0.05) is 54.6 Å². The van der Waals surface area contributed by atoms with Gasteiger partial charge in [0.2, 0.25) is 0 Å². The van der Waals surface area contributed by atoms with Crippen LogP contribution in [0.5, 0.6) is 0 Å². The van der Waals surface area contributed by atoms with Gasteiger partial charge in [0.1, 0.15) is 6.61 Å². The van der Waals surface area contributed by atoms with Crippen LogP contribution in [0, 0.1) is 6.92 Å². The number of carbonyl (C=O) groups excluding carboxylic acids is 2. The monoisotopic (exact) mass is 376 g/mol. The molecule has 1 amide bonds. The second-order valence-corrected chi connectivity index (χ2v) is 6.78. The zero-order valence-corrected chi connectivity index (χ0v) is 16.1. The summed E-state index contributed by atoms with van der Waals surface area (Å²) in [5.74, 6) is -0.638. The van der Waals surface area contributed by atoms with Crippen molar-refractivity contribution in [3.8, 4) is 0 Å². The molecule has 1 atom stereocenters. The van der Waals surface area contributed by atoms with Crippen LogP contribution in [-0.4, -0.2) is 18.4 Å². The van der Waals surface area contributed by atoms with Crippen LogP contribution < -0.4 is 11.1 Å². The van der Waals surface area contributed by atoms with E-state index < -0.39 is 5.97 Å².